The summed E-state index contributed by atoms with van der Waals surface area (Å²) in [6.45, 7) is 4.10. The lowest BCUT2D eigenvalue weighted by Gasteiger charge is -2.21. The van der Waals surface area contributed by atoms with Crippen LogP contribution in [0.25, 0.3) is 0 Å². The average Bonchev–Trinajstić information content (AvgIpc) is 2.46. The zero-order valence-corrected chi connectivity index (χ0v) is 12.4. The zero-order valence-electron chi connectivity index (χ0n) is 12.4. The highest BCUT2D eigenvalue weighted by atomic mass is 16.6. The molecule has 1 atom stereocenters. The highest BCUT2D eigenvalue weighted by molar-refractivity contribution is 5.67. The van der Waals surface area contributed by atoms with Crippen LogP contribution in [-0.4, -0.2) is 36.9 Å². The van der Waals surface area contributed by atoms with Crippen LogP contribution in [0.15, 0.2) is 18.2 Å². The van der Waals surface area contributed by atoms with Gasteiger partial charge >= 0.3 is 5.97 Å². The van der Waals surface area contributed by atoms with Gasteiger partial charge in [0.25, 0.3) is 0 Å². The molecule has 0 radical (unpaired) electrons. The Balaban J connectivity index is 1.99. The second-order valence-electron chi connectivity index (χ2n) is 5.28. The molecule has 1 aromatic rings. The van der Waals surface area contributed by atoms with Crippen LogP contribution in [0.1, 0.15) is 31.7 Å². The quantitative estimate of drug-likeness (QED) is 0.719. The number of carboxylic acid groups (broad SMARTS) is 1. The van der Waals surface area contributed by atoms with Crippen molar-refractivity contribution in [1.29, 1.82) is 0 Å². The fourth-order valence-corrected chi connectivity index (χ4v) is 2.41. The topological polar surface area (TPSA) is 67.8 Å². The lowest BCUT2D eigenvalue weighted by atomic mass is 10.0. The van der Waals surface area contributed by atoms with Crippen LogP contribution in [0.3, 0.4) is 0 Å². The number of carbonyl (C=O) groups is 1. The summed E-state index contributed by atoms with van der Waals surface area (Å²) in [6, 6.07) is 5.76. The van der Waals surface area contributed by atoms with E-state index in [0.29, 0.717) is 19.6 Å². The summed E-state index contributed by atoms with van der Waals surface area (Å²) in [5.41, 5.74) is 1.06. The van der Waals surface area contributed by atoms with Crippen molar-refractivity contribution < 1.29 is 19.4 Å². The summed E-state index contributed by atoms with van der Waals surface area (Å²) in [7, 11) is 0. The van der Waals surface area contributed by atoms with E-state index in [1.807, 2.05) is 18.2 Å². The molecule has 0 saturated carbocycles. The number of aliphatic carboxylic acids is 1. The summed E-state index contributed by atoms with van der Waals surface area (Å²) in [5, 5.41) is 12.4. The Hall–Kier alpha value is -1.75. The number of nitrogens with one attached hydrogen (secondary N) is 1. The normalized spacial score (nSPS) is 14.7. The van der Waals surface area contributed by atoms with E-state index in [2.05, 4.69) is 12.2 Å². The number of hydrogen-bond donors (Lipinski definition) is 2. The molecule has 21 heavy (non-hydrogen) atoms. The molecule has 1 heterocycles. The van der Waals surface area contributed by atoms with Gasteiger partial charge in [-0.25, -0.2) is 0 Å². The van der Waals surface area contributed by atoms with Gasteiger partial charge in [0.05, 0.1) is 6.42 Å². The van der Waals surface area contributed by atoms with Gasteiger partial charge in [-0.05, 0) is 37.1 Å². The number of ether oxygens (including phenoxy) is 2. The van der Waals surface area contributed by atoms with Crippen molar-refractivity contribution in [3.63, 3.8) is 0 Å². The highest BCUT2D eigenvalue weighted by Gasteiger charge is 2.16. The molecule has 0 amide bonds. The van der Waals surface area contributed by atoms with Crippen LogP contribution < -0.4 is 14.8 Å². The molecule has 5 heteroatoms. The predicted molar refractivity (Wildman–Crippen MR) is 80.1 cm³/mol. The maximum Gasteiger partial charge on any atom is 0.304 e. The van der Waals surface area contributed by atoms with Crippen molar-refractivity contribution in [2.75, 3.05) is 19.8 Å². The van der Waals surface area contributed by atoms with E-state index in [-0.39, 0.29) is 12.5 Å². The minimum atomic E-state index is -0.776. The van der Waals surface area contributed by atoms with Crippen LogP contribution >= 0.6 is 0 Å². The molecule has 116 valence electrons. The van der Waals surface area contributed by atoms with Gasteiger partial charge < -0.3 is 19.9 Å². The van der Waals surface area contributed by atoms with Gasteiger partial charge in [-0.15, -0.1) is 0 Å². The summed E-state index contributed by atoms with van der Waals surface area (Å²) in [5.74, 6) is 0.738. The first-order valence-electron chi connectivity index (χ1n) is 7.52. The molecule has 0 spiro atoms. The number of unbranched alkanes of at least 4 members (excludes halogenated alkanes) is 1. The lowest BCUT2D eigenvalue weighted by molar-refractivity contribution is -0.137. The monoisotopic (exact) mass is 293 g/mol. The smallest absolute Gasteiger partial charge is 0.304 e. The maximum atomic E-state index is 11.0. The van der Waals surface area contributed by atoms with E-state index in [1.165, 1.54) is 0 Å². The van der Waals surface area contributed by atoms with Crippen molar-refractivity contribution in [3.8, 4) is 11.5 Å². The summed E-state index contributed by atoms with van der Waals surface area (Å²) in [6.07, 6.45) is 2.94. The van der Waals surface area contributed by atoms with E-state index in [4.69, 9.17) is 14.6 Å². The Morgan fingerprint density at radius 3 is 2.81 bits per heavy atom. The van der Waals surface area contributed by atoms with E-state index >= 15 is 0 Å². The predicted octanol–water partition coefficient (Wildman–Crippen LogP) is 2.23. The number of hydrogen-bond acceptors (Lipinski definition) is 4. The third-order valence-corrected chi connectivity index (χ3v) is 3.47. The van der Waals surface area contributed by atoms with Gasteiger partial charge in [0.15, 0.2) is 11.5 Å². The van der Waals surface area contributed by atoms with Gasteiger partial charge in [0.2, 0.25) is 0 Å². The Bertz CT molecular complexity index is 475. The Morgan fingerprint density at radius 2 is 2.10 bits per heavy atom. The molecule has 1 unspecified atom stereocenters. The minimum Gasteiger partial charge on any atom is -0.486 e. The van der Waals surface area contributed by atoms with Gasteiger partial charge in [-0.1, -0.05) is 19.4 Å². The van der Waals surface area contributed by atoms with Crippen LogP contribution in [0.4, 0.5) is 0 Å². The number of fused-ring (bicyclic) bond motifs is 1. The summed E-state index contributed by atoms with van der Waals surface area (Å²) in [4.78, 5) is 11.0. The van der Waals surface area contributed by atoms with Crippen molar-refractivity contribution in [2.24, 2.45) is 0 Å². The fraction of sp³-hybridized carbons (Fsp3) is 0.562. The minimum absolute atomic E-state index is 0.0587. The molecule has 1 aliphatic heterocycles. The number of rotatable bonds is 8. The molecule has 2 rings (SSSR count). The molecular formula is C16H23NO4. The third-order valence-electron chi connectivity index (χ3n) is 3.47. The first kappa shape index (κ1) is 15.6. The van der Waals surface area contributed by atoms with E-state index in [0.717, 1.165) is 36.4 Å². The second-order valence-corrected chi connectivity index (χ2v) is 5.28. The lowest BCUT2D eigenvalue weighted by Crippen LogP contribution is -2.34. The Morgan fingerprint density at radius 1 is 1.33 bits per heavy atom. The molecular weight excluding hydrogens is 270 g/mol. The van der Waals surface area contributed by atoms with Crippen molar-refractivity contribution in [2.45, 2.75) is 38.6 Å². The average molecular weight is 293 g/mol. The first-order chi connectivity index (χ1) is 10.2. The molecule has 1 aliphatic rings. The fourth-order valence-electron chi connectivity index (χ4n) is 2.41. The van der Waals surface area contributed by atoms with Crippen molar-refractivity contribution in [1.82, 2.24) is 5.32 Å². The standard InChI is InChI=1S/C16H23NO4/c1-2-3-6-17-13(11-16(18)19)9-12-4-5-14-15(10-12)21-8-7-20-14/h4-5,10,13,17H,2-3,6-9,11H2,1H3,(H,18,19). The Kier molecular flexibility index (Phi) is 5.87. The van der Waals surface area contributed by atoms with Gasteiger partial charge in [-0.3, -0.25) is 4.79 Å². The molecule has 2 N–H and O–H groups in total. The van der Waals surface area contributed by atoms with Crippen molar-refractivity contribution >= 4 is 5.97 Å². The molecule has 5 nitrogen and oxygen atoms in total. The maximum absolute atomic E-state index is 11.0. The van der Waals surface area contributed by atoms with Crippen LogP contribution in [-0.2, 0) is 11.2 Å². The highest BCUT2D eigenvalue weighted by Crippen LogP contribution is 2.31. The zero-order chi connectivity index (χ0) is 15.1. The third kappa shape index (κ3) is 4.93. The number of carboxylic acids is 1. The van der Waals surface area contributed by atoms with Crippen LogP contribution in [0.2, 0.25) is 0 Å². The van der Waals surface area contributed by atoms with E-state index in [9.17, 15) is 4.79 Å². The molecule has 0 bridgehead atoms. The molecule has 0 fully saturated rings. The van der Waals surface area contributed by atoms with E-state index in [1.54, 1.807) is 0 Å². The van der Waals surface area contributed by atoms with E-state index < -0.39 is 5.97 Å². The van der Waals surface area contributed by atoms with Gasteiger partial charge in [0, 0.05) is 6.04 Å². The molecule has 1 aromatic carbocycles. The van der Waals surface area contributed by atoms with Crippen molar-refractivity contribution in [3.05, 3.63) is 23.8 Å². The van der Waals surface area contributed by atoms with Gasteiger partial charge in [-0.2, -0.15) is 0 Å². The van der Waals surface area contributed by atoms with Crippen LogP contribution in [0.5, 0.6) is 11.5 Å². The largest absolute Gasteiger partial charge is 0.486 e. The molecule has 0 aliphatic carbocycles. The second kappa shape index (κ2) is 7.88. The van der Waals surface area contributed by atoms with Crippen LogP contribution in [0, 0.1) is 0 Å². The van der Waals surface area contributed by atoms with Gasteiger partial charge in [0.1, 0.15) is 13.2 Å². The Labute approximate surface area is 125 Å². The molecule has 0 saturated heterocycles. The first-order valence-corrected chi connectivity index (χ1v) is 7.52. The number of benzene rings is 1. The summed E-state index contributed by atoms with van der Waals surface area (Å²) < 4.78 is 11.1. The summed E-state index contributed by atoms with van der Waals surface area (Å²) >= 11 is 0. The molecule has 0 aromatic heterocycles. The SMILES string of the molecule is CCCCNC(CC(=O)O)Cc1ccc2c(c1)OCCO2.